The molecule has 120 valence electrons. The van der Waals surface area contributed by atoms with Crippen LogP contribution in [0.5, 0.6) is 0 Å². The highest BCUT2D eigenvalue weighted by Crippen LogP contribution is 2.15. The minimum absolute atomic E-state index is 0.108. The Labute approximate surface area is 120 Å². The molecule has 9 nitrogen and oxygen atoms in total. The first-order chi connectivity index (χ1) is 10.3. The van der Waals surface area contributed by atoms with Crippen molar-refractivity contribution in [2.24, 2.45) is 0 Å². The summed E-state index contributed by atoms with van der Waals surface area (Å²) in [5.74, 6) is -0.781. The fourth-order valence-electron chi connectivity index (χ4n) is 1.57. The molecule has 0 amide bonds. The van der Waals surface area contributed by atoms with E-state index in [0.29, 0.717) is 4.68 Å². The second kappa shape index (κ2) is 6.09. The SMILES string of the molecule is CCOC(=O)c1ncn2c(=O)n(CCOC(F)(F)F)nnc12. The van der Waals surface area contributed by atoms with Crippen molar-refractivity contribution in [3.8, 4) is 0 Å². The molecule has 0 spiro atoms. The van der Waals surface area contributed by atoms with Gasteiger partial charge in [-0.15, -0.1) is 18.3 Å². The van der Waals surface area contributed by atoms with Gasteiger partial charge in [-0.2, -0.15) is 4.68 Å². The van der Waals surface area contributed by atoms with Crippen molar-refractivity contribution in [2.75, 3.05) is 13.2 Å². The van der Waals surface area contributed by atoms with E-state index in [2.05, 4.69) is 20.0 Å². The molecule has 0 aliphatic rings. The zero-order valence-electron chi connectivity index (χ0n) is 11.2. The minimum atomic E-state index is -4.80. The number of nitrogens with zero attached hydrogens (tertiary/aromatic N) is 5. The first-order valence-electron chi connectivity index (χ1n) is 6.02. The van der Waals surface area contributed by atoms with E-state index in [1.54, 1.807) is 6.92 Å². The number of esters is 1. The molecule has 0 aliphatic heterocycles. The number of ether oxygens (including phenoxy) is 2. The van der Waals surface area contributed by atoms with Crippen molar-refractivity contribution in [1.82, 2.24) is 24.4 Å². The molecule has 0 aromatic carbocycles. The Morgan fingerprint density at radius 2 is 2.14 bits per heavy atom. The van der Waals surface area contributed by atoms with Crippen molar-refractivity contribution in [2.45, 2.75) is 19.8 Å². The Hall–Kier alpha value is -2.50. The van der Waals surface area contributed by atoms with Crippen LogP contribution in [0.3, 0.4) is 0 Å². The fraction of sp³-hybridized carbons (Fsp3) is 0.500. The molecule has 0 radical (unpaired) electrons. The van der Waals surface area contributed by atoms with Gasteiger partial charge in [0.2, 0.25) is 0 Å². The molecule has 2 heterocycles. The molecule has 0 unspecified atom stereocenters. The molecule has 0 fully saturated rings. The lowest BCUT2D eigenvalue weighted by Crippen LogP contribution is -2.32. The summed E-state index contributed by atoms with van der Waals surface area (Å²) in [5.41, 5.74) is -1.15. The average Bonchev–Trinajstić information content (AvgIpc) is 2.85. The van der Waals surface area contributed by atoms with Gasteiger partial charge in [0.1, 0.15) is 6.33 Å². The van der Waals surface area contributed by atoms with E-state index in [9.17, 15) is 22.8 Å². The van der Waals surface area contributed by atoms with Gasteiger partial charge in [0.15, 0.2) is 11.3 Å². The van der Waals surface area contributed by atoms with Crippen LogP contribution in [0.2, 0.25) is 0 Å². The molecule has 0 N–H and O–H groups in total. The maximum absolute atomic E-state index is 12.0. The van der Waals surface area contributed by atoms with Crippen LogP contribution in [0.15, 0.2) is 11.1 Å². The first-order valence-corrected chi connectivity index (χ1v) is 6.02. The number of hydrogen-bond acceptors (Lipinski definition) is 7. The van der Waals surface area contributed by atoms with Crippen molar-refractivity contribution in [3.05, 3.63) is 22.5 Å². The number of imidazole rings is 1. The average molecular weight is 321 g/mol. The molecule has 2 aromatic heterocycles. The lowest BCUT2D eigenvalue weighted by atomic mass is 10.4. The van der Waals surface area contributed by atoms with Crippen molar-refractivity contribution in [1.29, 1.82) is 0 Å². The molecule has 0 saturated heterocycles. The maximum Gasteiger partial charge on any atom is 0.522 e. The van der Waals surface area contributed by atoms with Crippen LogP contribution in [0.1, 0.15) is 17.4 Å². The Balaban J connectivity index is 2.24. The Bertz CT molecular complexity index is 738. The summed E-state index contributed by atoms with van der Waals surface area (Å²) in [4.78, 5) is 27.2. The quantitative estimate of drug-likeness (QED) is 0.714. The van der Waals surface area contributed by atoms with Gasteiger partial charge in [0.25, 0.3) is 0 Å². The highest BCUT2D eigenvalue weighted by atomic mass is 19.4. The lowest BCUT2D eigenvalue weighted by Gasteiger charge is -2.07. The van der Waals surface area contributed by atoms with Gasteiger partial charge in [-0.3, -0.25) is 4.74 Å². The highest BCUT2D eigenvalue weighted by Gasteiger charge is 2.29. The third-order valence-corrected chi connectivity index (χ3v) is 2.45. The van der Waals surface area contributed by atoms with E-state index < -0.39 is 31.2 Å². The maximum atomic E-state index is 12.0. The van der Waals surface area contributed by atoms with Crippen LogP contribution in [0, 0.1) is 0 Å². The molecule has 22 heavy (non-hydrogen) atoms. The largest absolute Gasteiger partial charge is 0.522 e. The number of carbonyl (C=O) groups excluding carboxylic acids is 1. The minimum Gasteiger partial charge on any atom is -0.461 e. The van der Waals surface area contributed by atoms with Gasteiger partial charge >= 0.3 is 18.0 Å². The Morgan fingerprint density at radius 3 is 2.77 bits per heavy atom. The van der Waals surface area contributed by atoms with Gasteiger partial charge in [-0.1, -0.05) is 5.21 Å². The van der Waals surface area contributed by atoms with Crippen LogP contribution in [0.25, 0.3) is 5.65 Å². The van der Waals surface area contributed by atoms with Gasteiger partial charge in [0, 0.05) is 0 Å². The molecule has 12 heteroatoms. The smallest absolute Gasteiger partial charge is 0.461 e. The number of fused-ring (bicyclic) bond motifs is 1. The number of hydrogen-bond donors (Lipinski definition) is 0. The molecule has 0 bridgehead atoms. The van der Waals surface area contributed by atoms with Crippen LogP contribution < -0.4 is 5.69 Å². The molecular formula is C10H10F3N5O4. The van der Waals surface area contributed by atoms with E-state index in [-0.39, 0.29) is 17.9 Å². The molecule has 2 rings (SSSR count). The van der Waals surface area contributed by atoms with E-state index in [1.165, 1.54) is 0 Å². The summed E-state index contributed by atoms with van der Waals surface area (Å²) in [7, 11) is 0. The third-order valence-electron chi connectivity index (χ3n) is 2.45. The number of rotatable bonds is 5. The molecular weight excluding hydrogens is 311 g/mol. The van der Waals surface area contributed by atoms with Crippen molar-refractivity contribution >= 4 is 11.6 Å². The summed E-state index contributed by atoms with van der Waals surface area (Å²) in [6.45, 7) is 0.434. The monoisotopic (exact) mass is 321 g/mol. The second-order valence-electron chi connectivity index (χ2n) is 3.90. The van der Waals surface area contributed by atoms with Gasteiger partial charge in [0.05, 0.1) is 19.8 Å². The number of halogens is 3. The fourth-order valence-corrected chi connectivity index (χ4v) is 1.57. The summed E-state index contributed by atoms with van der Waals surface area (Å²) in [5, 5.41) is 7.04. The zero-order valence-corrected chi connectivity index (χ0v) is 11.2. The van der Waals surface area contributed by atoms with Gasteiger partial charge in [-0.05, 0) is 6.92 Å². The predicted molar refractivity (Wildman–Crippen MR) is 63.0 cm³/mol. The van der Waals surface area contributed by atoms with E-state index in [1.807, 2.05) is 0 Å². The molecule has 0 saturated carbocycles. The third kappa shape index (κ3) is 3.39. The van der Waals surface area contributed by atoms with E-state index >= 15 is 0 Å². The zero-order chi connectivity index (χ0) is 16.3. The number of aromatic nitrogens is 5. The van der Waals surface area contributed by atoms with Gasteiger partial charge in [-0.25, -0.2) is 19.0 Å². The highest BCUT2D eigenvalue weighted by molar-refractivity contribution is 5.93. The van der Waals surface area contributed by atoms with Crippen LogP contribution in [0.4, 0.5) is 13.2 Å². The topological polar surface area (TPSA) is 101 Å². The van der Waals surface area contributed by atoms with Crippen LogP contribution in [-0.2, 0) is 16.0 Å². The summed E-state index contributed by atoms with van der Waals surface area (Å²) >= 11 is 0. The first kappa shape index (κ1) is 15.9. The summed E-state index contributed by atoms with van der Waals surface area (Å²) < 4.78 is 45.4. The lowest BCUT2D eigenvalue weighted by molar-refractivity contribution is -0.325. The van der Waals surface area contributed by atoms with E-state index in [4.69, 9.17) is 4.74 Å². The Kier molecular flexibility index (Phi) is 4.40. The van der Waals surface area contributed by atoms with Crippen LogP contribution in [-0.4, -0.2) is 49.9 Å². The van der Waals surface area contributed by atoms with E-state index in [0.717, 1.165) is 10.7 Å². The normalized spacial score (nSPS) is 11.8. The number of carbonyl (C=O) groups is 1. The molecule has 2 aromatic rings. The summed E-state index contributed by atoms with van der Waals surface area (Å²) in [6, 6.07) is 0. The second-order valence-corrected chi connectivity index (χ2v) is 3.90. The standard InChI is InChI=1S/C10H10F3N5O4/c1-2-21-8(19)6-7-15-16-18(3-4-22-10(11,12)13)9(20)17(7)5-14-6/h5H,2-4H2,1H3. The predicted octanol–water partition coefficient (Wildman–Crippen LogP) is -0.000900. The molecule has 0 aliphatic carbocycles. The van der Waals surface area contributed by atoms with Gasteiger partial charge < -0.3 is 4.74 Å². The Morgan fingerprint density at radius 1 is 1.41 bits per heavy atom. The van der Waals surface area contributed by atoms with Crippen molar-refractivity contribution in [3.63, 3.8) is 0 Å². The van der Waals surface area contributed by atoms with Crippen LogP contribution >= 0.6 is 0 Å². The van der Waals surface area contributed by atoms with Crippen molar-refractivity contribution < 1.29 is 27.4 Å². The number of alkyl halides is 3. The summed E-state index contributed by atoms with van der Waals surface area (Å²) in [6.07, 6.45) is -3.78. The molecule has 0 atom stereocenters.